The predicted molar refractivity (Wildman–Crippen MR) is 171 cm³/mol. The average Bonchev–Trinajstić information content (AvgIpc) is 2.97. The van der Waals surface area contributed by atoms with Gasteiger partial charge in [0.1, 0.15) is 0 Å². The van der Waals surface area contributed by atoms with Gasteiger partial charge < -0.3 is 30.6 Å². The SMILES string of the molecule is CCN(CCN(C)CCN(C)CC(=O)CNC(=O)CN1CCN(CC(=O)O)CCN(CC(=O)O)CCN(CC(=O)O)CC1)CC(=O)O. The van der Waals surface area contributed by atoms with Crippen LogP contribution in [0.2, 0.25) is 0 Å². The fraction of sp³-hybridized carbons (Fsp3) is 0.793. The molecule has 0 unspecified atom stereocenters. The number of carboxylic acids is 4. The number of rotatable bonds is 21. The van der Waals surface area contributed by atoms with Crippen molar-refractivity contribution < 1.29 is 49.2 Å². The van der Waals surface area contributed by atoms with E-state index in [0.717, 1.165) is 0 Å². The summed E-state index contributed by atoms with van der Waals surface area (Å²) in [6, 6.07) is 0. The molecule has 270 valence electrons. The normalized spacial score (nSPS) is 16.6. The minimum atomic E-state index is -1.04. The molecule has 5 N–H and O–H groups in total. The van der Waals surface area contributed by atoms with E-state index in [4.69, 9.17) is 5.11 Å². The summed E-state index contributed by atoms with van der Waals surface area (Å²) in [4.78, 5) is 83.1. The van der Waals surface area contributed by atoms with Crippen LogP contribution in [0.5, 0.6) is 0 Å². The smallest absolute Gasteiger partial charge is 0.317 e. The summed E-state index contributed by atoms with van der Waals surface area (Å²) in [5.41, 5.74) is 0. The molecule has 0 aromatic rings. The Morgan fingerprint density at radius 1 is 0.553 bits per heavy atom. The molecule has 1 aliphatic rings. The molecule has 0 spiro atoms. The second-order valence-electron chi connectivity index (χ2n) is 11.9. The first-order valence-corrected chi connectivity index (χ1v) is 15.8. The lowest BCUT2D eigenvalue weighted by Gasteiger charge is -2.32. The van der Waals surface area contributed by atoms with Crippen molar-refractivity contribution in [1.29, 1.82) is 0 Å². The van der Waals surface area contributed by atoms with Crippen molar-refractivity contribution in [2.24, 2.45) is 0 Å². The van der Waals surface area contributed by atoms with Gasteiger partial charge in [-0.2, -0.15) is 0 Å². The maximum Gasteiger partial charge on any atom is 0.317 e. The highest BCUT2D eigenvalue weighted by Gasteiger charge is 2.21. The Morgan fingerprint density at radius 2 is 0.936 bits per heavy atom. The number of likely N-dealkylation sites (N-methyl/N-ethyl adjacent to an activating group) is 3. The largest absolute Gasteiger partial charge is 0.480 e. The van der Waals surface area contributed by atoms with Gasteiger partial charge in [-0.3, -0.25) is 58.2 Å². The monoisotopic (exact) mass is 674 g/mol. The van der Waals surface area contributed by atoms with E-state index in [-0.39, 0.29) is 90.9 Å². The fourth-order valence-electron chi connectivity index (χ4n) is 4.98. The van der Waals surface area contributed by atoms with Crippen molar-refractivity contribution in [1.82, 2.24) is 39.6 Å². The lowest BCUT2D eigenvalue weighted by atomic mass is 10.3. The van der Waals surface area contributed by atoms with Crippen LogP contribution >= 0.6 is 0 Å². The van der Waals surface area contributed by atoms with E-state index in [1.165, 1.54) is 0 Å². The number of carboxylic acid groups (broad SMARTS) is 4. The van der Waals surface area contributed by atoms with E-state index in [9.17, 15) is 44.1 Å². The lowest BCUT2D eigenvalue weighted by Crippen LogP contribution is -2.50. The van der Waals surface area contributed by atoms with E-state index >= 15 is 0 Å². The van der Waals surface area contributed by atoms with Gasteiger partial charge in [-0.25, -0.2) is 0 Å². The Hall–Kier alpha value is -3.26. The molecular formula is C29H54N8O10. The highest BCUT2D eigenvalue weighted by molar-refractivity contribution is 5.87. The third-order valence-electron chi connectivity index (χ3n) is 7.77. The van der Waals surface area contributed by atoms with Crippen LogP contribution in [0.1, 0.15) is 6.92 Å². The molecule has 0 saturated carbocycles. The van der Waals surface area contributed by atoms with Gasteiger partial charge in [-0.1, -0.05) is 6.92 Å². The Kier molecular flexibility index (Phi) is 20.6. The Balaban J connectivity index is 2.66. The average molecular weight is 675 g/mol. The Bertz CT molecular complexity index is 987. The third kappa shape index (κ3) is 21.3. The van der Waals surface area contributed by atoms with Crippen LogP contribution in [0.25, 0.3) is 0 Å². The first kappa shape index (κ1) is 41.8. The summed E-state index contributed by atoms with van der Waals surface area (Å²) in [6.45, 7) is 6.51. The number of carbonyl (C=O) groups excluding carboxylic acids is 2. The zero-order valence-electron chi connectivity index (χ0n) is 28.0. The van der Waals surface area contributed by atoms with Crippen LogP contribution in [0.4, 0.5) is 0 Å². The van der Waals surface area contributed by atoms with Gasteiger partial charge in [0, 0.05) is 78.5 Å². The first-order valence-electron chi connectivity index (χ1n) is 15.8. The number of carbonyl (C=O) groups is 6. The van der Waals surface area contributed by atoms with Gasteiger partial charge in [0.25, 0.3) is 0 Å². The third-order valence-corrected chi connectivity index (χ3v) is 7.77. The van der Waals surface area contributed by atoms with Crippen LogP contribution in [0.15, 0.2) is 0 Å². The predicted octanol–water partition coefficient (Wildman–Crippen LogP) is -3.58. The molecule has 1 heterocycles. The molecule has 1 fully saturated rings. The molecule has 0 radical (unpaired) electrons. The Morgan fingerprint density at radius 3 is 1.32 bits per heavy atom. The molecule has 1 saturated heterocycles. The maximum absolute atomic E-state index is 12.8. The van der Waals surface area contributed by atoms with Gasteiger partial charge in [-0.05, 0) is 20.6 Å². The van der Waals surface area contributed by atoms with Crippen molar-refractivity contribution >= 4 is 35.6 Å². The summed E-state index contributed by atoms with van der Waals surface area (Å²) in [7, 11) is 3.73. The van der Waals surface area contributed by atoms with E-state index < -0.39 is 29.8 Å². The maximum atomic E-state index is 12.8. The summed E-state index contributed by atoms with van der Waals surface area (Å²) >= 11 is 0. The molecular weight excluding hydrogens is 620 g/mol. The van der Waals surface area contributed by atoms with Crippen LogP contribution in [0.3, 0.4) is 0 Å². The number of aliphatic carboxylic acids is 4. The van der Waals surface area contributed by atoms with Crippen LogP contribution in [0, 0.1) is 0 Å². The first-order chi connectivity index (χ1) is 22.2. The standard InChI is InChI=1S/C29H54N8O10/c1-4-33(20-26(40)41)8-7-31(2)5-6-32(3)18-24(38)17-30-25(39)19-34-9-11-35(21-27(42)43)13-15-37(23-29(46)47)16-14-36(12-10-34)22-28(44)45/h4-23H2,1-3H3,(H,30,39)(H,40,41)(H,42,43)(H,44,45)(H,46,47). The molecule has 0 aliphatic carbocycles. The molecule has 0 bridgehead atoms. The number of nitrogens with one attached hydrogen (secondary N) is 1. The van der Waals surface area contributed by atoms with Crippen molar-refractivity contribution in [3.8, 4) is 0 Å². The highest BCUT2D eigenvalue weighted by atomic mass is 16.4. The van der Waals surface area contributed by atoms with E-state index in [1.54, 1.807) is 26.6 Å². The summed E-state index contributed by atoms with van der Waals surface area (Å²) < 4.78 is 0. The highest BCUT2D eigenvalue weighted by Crippen LogP contribution is 2.02. The molecule has 18 nitrogen and oxygen atoms in total. The summed E-state index contributed by atoms with van der Waals surface area (Å²) in [5.74, 6) is -4.54. The van der Waals surface area contributed by atoms with Crippen LogP contribution < -0.4 is 5.32 Å². The quantitative estimate of drug-likeness (QED) is 0.0795. The summed E-state index contributed by atoms with van der Waals surface area (Å²) in [5, 5.41) is 39.7. The molecule has 0 aromatic heterocycles. The van der Waals surface area contributed by atoms with Gasteiger partial charge in [0.15, 0.2) is 5.78 Å². The van der Waals surface area contributed by atoms with Gasteiger partial charge in [-0.15, -0.1) is 0 Å². The fourth-order valence-corrected chi connectivity index (χ4v) is 4.98. The number of amides is 1. The number of Topliss-reactive ketones (excluding diaryl/α,β-unsaturated/α-hetero) is 1. The minimum absolute atomic E-state index is 0.0103. The Labute approximate surface area is 276 Å². The number of hydrogen-bond acceptors (Lipinski definition) is 13. The molecule has 1 aliphatic heterocycles. The molecule has 47 heavy (non-hydrogen) atoms. The van der Waals surface area contributed by atoms with Crippen molar-refractivity contribution in [2.75, 3.05) is 145 Å². The number of ketones is 1. The summed E-state index contributed by atoms with van der Waals surface area (Å²) in [6.07, 6.45) is 0. The van der Waals surface area contributed by atoms with Gasteiger partial charge in [0.05, 0.1) is 45.8 Å². The van der Waals surface area contributed by atoms with Gasteiger partial charge >= 0.3 is 23.9 Å². The van der Waals surface area contributed by atoms with E-state index in [1.807, 2.05) is 23.8 Å². The van der Waals surface area contributed by atoms with Gasteiger partial charge in [0.2, 0.25) is 5.91 Å². The molecule has 1 rings (SSSR count). The zero-order valence-corrected chi connectivity index (χ0v) is 28.0. The van der Waals surface area contributed by atoms with Crippen molar-refractivity contribution in [3.05, 3.63) is 0 Å². The molecule has 1 amide bonds. The lowest BCUT2D eigenvalue weighted by molar-refractivity contribution is -0.140. The molecule has 18 heteroatoms. The van der Waals surface area contributed by atoms with E-state index in [0.29, 0.717) is 45.8 Å². The second kappa shape index (κ2) is 23.1. The topological polar surface area (TPSA) is 218 Å². The van der Waals surface area contributed by atoms with E-state index in [2.05, 4.69) is 10.2 Å². The van der Waals surface area contributed by atoms with Crippen molar-refractivity contribution in [3.63, 3.8) is 0 Å². The zero-order chi connectivity index (χ0) is 35.4. The van der Waals surface area contributed by atoms with Crippen molar-refractivity contribution in [2.45, 2.75) is 6.92 Å². The van der Waals surface area contributed by atoms with Crippen LogP contribution in [-0.4, -0.2) is 235 Å². The molecule has 0 aromatic carbocycles. The molecule has 0 atom stereocenters. The number of nitrogens with zero attached hydrogens (tertiary/aromatic N) is 7. The second-order valence-corrected chi connectivity index (χ2v) is 11.9. The minimum Gasteiger partial charge on any atom is -0.480 e. The van der Waals surface area contributed by atoms with Crippen LogP contribution in [-0.2, 0) is 28.8 Å². The number of hydrogen-bond donors (Lipinski definition) is 5.